The Hall–Kier alpha value is -2.42. The highest BCUT2D eigenvalue weighted by Crippen LogP contribution is 2.32. The fourth-order valence-corrected chi connectivity index (χ4v) is 2.62. The van der Waals surface area contributed by atoms with Crippen LogP contribution in [0.4, 0.5) is 0 Å². The number of aromatic nitrogens is 1. The summed E-state index contributed by atoms with van der Waals surface area (Å²) in [6, 6.07) is 11.4. The van der Waals surface area contributed by atoms with Gasteiger partial charge < -0.3 is 0 Å². The molecule has 4 aromatic carbocycles. The molecule has 0 saturated carbocycles. The average molecular weight is 221 g/mol. The standard InChI is InChI=1S/C14H7NO2/c16-13-9-5-6-10(14(17)15-13)12-8-2-1-7(3-4-8)11(9)12/h1-6H,(H,15,16,17). The molecule has 80 valence electrons. The van der Waals surface area contributed by atoms with Crippen LogP contribution in [-0.2, 0) is 0 Å². The molecule has 0 unspecified atom stereocenters. The van der Waals surface area contributed by atoms with Gasteiger partial charge in [-0.25, -0.2) is 0 Å². The van der Waals surface area contributed by atoms with E-state index in [2.05, 4.69) is 4.98 Å². The summed E-state index contributed by atoms with van der Waals surface area (Å²) in [7, 11) is 0. The Morgan fingerprint density at radius 1 is 0.647 bits per heavy atom. The average Bonchev–Trinajstić information content (AvgIpc) is 2.58. The monoisotopic (exact) mass is 221 g/mol. The van der Waals surface area contributed by atoms with Crippen LogP contribution in [0.15, 0.2) is 46.0 Å². The van der Waals surface area contributed by atoms with Gasteiger partial charge in [0.15, 0.2) is 0 Å². The second kappa shape index (κ2) is 2.63. The van der Waals surface area contributed by atoms with Gasteiger partial charge in [-0.2, -0.15) is 0 Å². The molecule has 0 aliphatic heterocycles. The van der Waals surface area contributed by atoms with E-state index in [1.165, 1.54) is 0 Å². The molecule has 0 aliphatic rings. The molecule has 0 spiro atoms. The molecule has 0 saturated heterocycles. The molecule has 1 N–H and O–H groups in total. The molecule has 0 aliphatic carbocycles. The van der Waals surface area contributed by atoms with E-state index in [-0.39, 0.29) is 11.1 Å². The summed E-state index contributed by atoms with van der Waals surface area (Å²) in [5.74, 6) is 0. The maximum Gasteiger partial charge on any atom is 0.258 e. The van der Waals surface area contributed by atoms with Crippen LogP contribution in [0.2, 0.25) is 0 Å². The third kappa shape index (κ3) is 0.916. The third-order valence-electron chi connectivity index (χ3n) is 3.38. The van der Waals surface area contributed by atoms with E-state index >= 15 is 0 Å². The summed E-state index contributed by atoms with van der Waals surface area (Å²) in [6.45, 7) is 0. The lowest BCUT2D eigenvalue weighted by Crippen LogP contribution is -2.12. The van der Waals surface area contributed by atoms with Crippen molar-refractivity contribution in [3.63, 3.8) is 0 Å². The Bertz CT molecular complexity index is 870. The maximum atomic E-state index is 11.9. The third-order valence-corrected chi connectivity index (χ3v) is 3.38. The van der Waals surface area contributed by atoms with Crippen molar-refractivity contribution >= 4 is 32.3 Å². The molecular formula is C14H7NO2. The second-order valence-corrected chi connectivity index (χ2v) is 4.27. The van der Waals surface area contributed by atoms with Crippen LogP contribution in [0.3, 0.4) is 0 Å². The molecule has 17 heavy (non-hydrogen) atoms. The fourth-order valence-electron chi connectivity index (χ4n) is 2.62. The first kappa shape index (κ1) is 8.70. The van der Waals surface area contributed by atoms with E-state index in [0.717, 1.165) is 21.5 Å². The van der Waals surface area contributed by atoms with Gasteiger partial charge >= 0.3 is 0 Å². The highest BCUT2D eigenvalue weighted by atomic mass is 16.2. The Balaban J connectivity index is 2.66. The van der Waals surface area contributed by atoms with Crippen molar-refractivity contribution < 1.29 is 0 Å². The van der Waals surface area contributed by atoms with Gasteiger partial charge in [-0.1, -0.05) is 24.3 Å². The SMILES string of the molecule is O=c1[nH]c(=O)c2ccc1c1c3ccc(cc3)c21. The topological polar surface area (TPSA) is 49.9 Å². The number of hydrogen-bond donors (Lipinski definition) is 1. The molecule has 6 rings (SSSR count). The summed E-state index contributed by atoms with van der Waals surface area (Å²) in [6.07, 6.45) is 0. The van der Waals surface area contributed by atoms with E-state index in [9.17, 15) is 9.59 Å². The number of aromatic amines is 1. The quantitative estimate of drug-likeness (QED) is 0.494. The minimum Gasteiger partial charge on any atom is -0.288 e. The number of fused-ring (bicyclic) bond motifs is 5. The number of nitrogens with one attached hydrogen (secondary N) is 1. The first-order valence-corrected chi connectivity index (χ1v) is 5.39. The predicted molar refractivity (Wildman–Crippen MR) is 68.2 cm³/mol. The van der Waals surface area contributed by atoms with Gasteiger partial charge in [0.25, 0.3) is 11.1 Å². The normalized spacial score (nSPS) is 12.0. The van der Waals surface area contributed by atoms with E-state index in [1.807, 2.05) is 24.3 Å². The van der Waals surface area contributed by atoms with Gasteiger partial charge in [-0.3, -0.25) is 14.6 Å². The van der Waals surface area contributed by atoms with Crippen LogP contribution in [0.25, 0.3) is 32.3 Å². The van der Waals surface area contributed by atoms with Crippen molar-refractivity contribution in [1.29, 1.82) is 0 Å². The van der Waals surface area contributed by atoms with Crippen LogP contribution >= 0.6 is 0 Å². The van der Waals surface area contributed by atoms with E-state index in [4.69, 9.17) is 0 Å². The van der Waals surface area contributed by atoms with Crippen LogP contribution in [0.1, 0.15) is 0 Å². The predicted octanol–water partition coefficient (Wildman–Crippen LogP) is 2.07. The van der Waals surface area contributed by atoms with Gasteiger partial charge in [-0.15, -0.1) is 0 Å². The molecule has 4 bridgehead atoms. The molecule has 3 nitrogen and oxygen atoms in total. The maximum absolute atomic E-state index is 11.9. The Morgan fingerprint density at radius 2 is 1.06 bits per heavy atom. The zero-order chi connectivity index (χ0) is 11.6. The first-order chi connectivity index (χ1) is 8.25. The zero-order valence-electron chi connectivity index (χ0n) is 8.78. The van der Waals surface area contributed by atoms with E-state index in [1.54, 1.807) is 12.1 Å². The van der Waals surface area contributed by atoms with Crippen LogP contribution in [0, 0.1) is 0 Å². The number of benzene rings is 4. The largest absolute Gasteiger partial charge is 0.288 e. The molecule has 0 fully saturated rings. The van der Waals surface area contributed by atoms with Crippen molar-refractivity contribution in [1.82, 2.24) is 4.98 Å². The number of H-pyrrole nitrogens is 1. The second-order valence-electron chi connectivity index (χ2n) is 4.27. The Labute approximate surface area is 95.0 Å². The highest BCUT2D eigenvalue weighted by molar-refractivity contribution is 6.23. The Kier molecular flexibility index (Phi) is 1.35. The molecule has 3 heteroatoms. The van der Waals surface area contributed by atoms with Crippen molar-refractivity contribution in [3.8, 4) is 0 Å². The van der Waals surface area contributed by atoms with Gasteiger partial charge in [-0.05, 0) is 22.9 Å². The van der Waals surface area contributed by atoms with Crippen LogP contribution in [-0.4, -0.2) is 4.98 Å². The highest BCUT2D eigenvalue weighted by Gasteiger charge is 2.12. The first-order valence-electron chi connectivity index (χ1n) is 5.39. The summed E-state index contributed by atoms with van der Waals surface area (Å²) in [4.78, 5) is 26.1. The van der Waals surface area contributed by atoms with Gasteiger partial charge in [0.2, 0.25) is 0 Å². The molecule has 2 aromatic heterocycles. The molecule has 6 aromatic rings. The Morgan fingerprint density at radius 3 is 1.47 bits per heavy atom. The summed E-state index contributed by atoms with van der Waals surface area (Å²) in [5, 5.41) is 4.94. The lowest BCUT2D eigenvalue weighted by Gasteiger charge is -2.06. The van der Waals surface area contributed by atoms with Crippen LogP contribution < -0.4 is 11.1 Å². The minimum atomic E-state index is -0.311. The van der Waals surface area contributed by atoms with E-state index < -0.39 is 0 Å². The van der Waals surface area contributed by atoms with Crippen molar-refractivity contribution in [3.05, 3.63) is 57.1 Å². The van der Waals surface area contributed by atoms with Gasteiger partial charge in [0.05, 0.1) is 0 Å². The lowest BCUT2D eigenvalue weighted by molar-refractivity contribution is 1.24. The van der Waals surface area contributed by atoms with Crippen molar-refractivity contribution in [2.24, 2.45) is 0 Å². The molecular weight excluding hydrogens is 214 g/mol. The smallest absolute Gasteiger partial charge is 0.258 e. The summed E-state index contributed by atoms with van der Waals surface area (Å²) in [5.41, 5.74) is -0.623. The summed E-state index contributed by atoms with van der Waals surface area (Å²) >= 11 is 0. The van der Waals surface area contributed by atoms with Gasteiger partial charge in [0.1, 0.15) is 0 Å². The van der Waals surface area contributed by atoms with Crippen molar-refractivity contribution in [2.75, 3.05) is 0 Å². The molecule has 2 heterocycles. The minimum absolute atomic E-state index is 0.311. The van der Waals surface area contributed by atoms with Crippen LogP contribution in [0.5, 0.6) is 0 Å². The van der Waals surface area contributed by atoms with Gasteiger partial charge in [0, 0.05) is 21.5 Å². The van der Waals surface area contributed by atoms with E-state index in [0.29, 0.717) is 10.8 Å². The number of rotatable bonds is 0. The van der Waals surface area contributed by atoms with Crippen molar-refractivity contribution in [2.45, 2.75) is 0 Å². The number of hydrogen-bond acceptors (Lipinski definition) is 2. The lowest BCUT2D eigenvalue weighted by atomic mass is 9.95. The molecule has 0 radical (unpaired) electrons. The fraction of sp³-hybridized carbons (Fsp3) is 0. The molecule has 0 amide bonds. The zero-order valence-corrected chi connectivity index (χ0v) is 8.78. The molecule has 0 atom stereocenters. The summed E-state index contributed by atoms with van der Waals surface area (Å²) < 4.78 is 0.